The number of nitrogens with one attached hydrogen (secondary N) is 1. The Morgan fingerprint density at radius 2 is 1.83 bits per heavy atom. The molecule has 0 saturated carbocycles. The van der Waals surface area contributed by atoms with Crippen LogP contribution in [0.5, 0.6) is 0 Å². The average molecular weight is 269 g/mol. The Hall–Kier alpha value is -0.763. The smallest absolute Gasteiger partial charge is 0.375 e. The van der Waals surface area contributed by atoms with Crippen molar-refractivity contribution >= 4 is 9.53 Å². The zero-order chi connectivity index (χ0) is 13.2. The van der Waals surface area contributed by atoms with Gasteiger partial charge in [0.2, 0.25) is 0 Å². The Balaban J connectivity index is 2.52. The lowest BCUT2D eigenvalue weighted by atomic mass is 10.1. The van der Waals surface area contributed by atoms with E-state index >= 15 is 0 Å². The molecular formula is C12H21N2O3Si. The Labute approximate surface area is 110 Å². The van der Waals surface area contributed by atoms with E-state index in [2.05, 4.69) is 11.4 Å². The van der Waals surface area contributed by atoms with Crippen LogP contribution in [0.15, 0.2) is 24.3 Å². The SMILES string of the molecule is CO[Si](OC)OCc1ccccc1CNCCN. The summed E-state index contributed by atoms with van der Waals surface area (Å²) in [7, 11) is 1.58. The Bertz CT molecular complexity index is 335. The monoisotopic (exact) mass is 269 g/mol. The lowest BCUT2D eigenvalue weighted by Crippen LogP contribution is -2.25. The lowest BCUT2D eigenvalue weighted by Gasteiger charge is -2.13. The van der Waals surface area contributed by atoms with Crippen LogP contribution in [-0.4, -0.2) is 36.8 Å². The highest BCUT2D eigenvalue weighted by molar-refractivity contribution is 6.36. The molecule has 0 fully saturated rings. The molecule has 0 heterocycles. The largest absolute Gasteiger partial charge is 0.577 e. The first-order valence-corrected chi connectivity index (χ1v) is 7.09. The Kier molecular flexibility index (Phi) is 7.82. The first-order chi connectivity index (χ1) is 8.81. The standard InChI is InChI=1S/C12H21N2O3Si/c1-15-18(16-2)17-10-12-6-4-3-5-11(12)9-14-8-7-13/h3-6,14H,7-10,13H2,1-2H3. The second-order valence-corrected chi connectivity index (χ2v) is 5.29. The van der Waals surface area contributed by atoms with Gasteiger partial charge in [-0.3, -0.25) is 0 Å². The molecule has 6 heteroatoms. The van der Waals surface area contributed by atoms with Crippen molar-refractivity contribution in [3.63, 3.8) is 0 Å². The van der Waals surface area contributed by atoms with Crippen molar-refractivity contribution in [3.8, 4) is 0 Å². The van der Waals surface area contributed by atoms with E-state index in [1.807, 2.05) is 18.2 Å². The molecule has 5 nitrogen and oxygen atoms in total. The molecule has 0 unspecified atom stereocenters. The molecule has 0 aliphatic carbocycles. The van der Waals surface area contributed by atoms with Crippen molar-refractivity contribution in [3.05, 3.63) is 35.4 Å². The second kappa shape index (κ2) is 9.20. The van der Waals surface area contributed by atoms with E-state index in [4.69, 9.17) is 19.0 Å². The molecule has 0 spiro atoms. The highest BCUT2D eigenvalue weighted by Crippen LogP contribution is 2.10. The molecule has 0 aliphatic rings. The summed E-state index contributed by atoms with van der Waals surface area (Å²) in [6, 6.07) is 8.14. The summed E-state index contributed by atoms with van der Waals surface area (Å²) in [5, 5.41) is 3.27. The van der Waals surface area contributed by atoms with Crippen molar-refractivity contribution in [2.45, 2.75) is 13.2 Å². The third kappa shape index (κ3) is 5.26. The summed E-state index contributed by atoms with van der Waals surface area (Å²) in [4.78, 5) is 0. The van der Waals surface area contributed by atoms with Crippen LogP contribution >= 0.6 is 0 Å². The van der Waals surface area contributed by atoms with Gasteiger partial charge in [0.25, 0.3) is 0 Å². The van der Waals surface area contributed by atoms with Crippen LogP contribution in [0.3, 0.4) is 0 Å². The highest BCUT2D eigenvalue weighted by atomic mass is 28.3. The summed E-state index contributed by atoms with van der Waals surface area (Å²) >= 11 is 0. The number of rotatable bonds is 9. The lowest BCUT2D eigenvalue weighted by molar-refractivity contribution is 0.128. The van der Waals surface area contributed by atoms with Gasteiger partial charge in [-0.2, -0.15) is 0 Å². The van der Waals surface area contributed by atoms with E-state index in [9.17, 15) is 0 Å². The van der Waals surface area contributed by atoms with Gasteiger partial charge in [-0.25, -0.2) is 0 Å². The number of benzene rings is 1. The molecule has 101 valence electrons. The molecule has 1 aromatic rings. The molecule has 3 N–H and O–H groups in total. The van der Waals surface area contributed by atoms with Crippen LogP contribution in [0.1, 0.15) is 11.1 Å². The summed E-state index contributed by atoms with van der Waals surface area (Å²) in [5.74, 6) is 0. The summed E-state index contributed by atoms with van der Waals surface area (Å²) in [6.45, 7) is 2.73. The zero-order valence-electron chi connectivity index (χ0n) is 10.9. The minimum Gasteiger partial charge on any atom is -0.375 e. The van der Waals surface area contributed by atoms with Crippen LogP contribution in [-0.2, 0) is 26.4 Å². The first kappa shape index (κ1) is 15.3. The topological polar surface area (TPSA) is 65.7 Å². The van der Waals surface area contributed by atoms with E-state index < -0.39 is 9.53 Å². The maximum Gasteiger partial charge on any atom is 0.577 e. The molecule has 1 rings (SSSR count). The zero-order valence-corrected chi connectivity index (χ0v) is 11.9. The number of hydrogen-bond acceptors (Lipinski definition) is 5. The van der Waals surface area contributed by atoms with Crippen LogP contribution in [0.2, 0.25) is 0 Å². The van der Waals surface area contributed by atoms with E-state index in [1.165, 1.54) is 5.56 Å². The predicted octanol–water partition coefficient (Wildman–Crippen LogP) is 0.529. The van der Waals surface area contributed by atoms with Gasteiger partial charge in [-0.05, 0) is 11.1 Å². The van der Waals surface area contributed by atoms with Crippen molar-refractivity contribution in [1.82, 2.24) is 5.32 Å². The fourth-order valence-corrected chi connectivity index (χ4v) is 2.21. The summed E-state index contributed by atoms with van der Waals surface area (Å²) < 4.78 is 15.7. The molecule has 0 aromatic heterocycles. The van der Waals surface area contributed by atoms with Crippen molar-refractivity contribution < 1.29 is 13.3 Å². The molecule has 1 aromatic carbocycles. The molecule has 0 bridgehead atoms. The van der Waals surface area contributed by atoms with Gasteiger partial charge in [0.15, 0.2) is 0 Å². The number of hydrogen-bond donors (Lipinski definition) is 2. The van der Waals surface area contributed by atoms with Crippen molar-refractivity contribution in [1.29, 1.82) is 0 Å². The van der Waals surface area contributed by atoms with Gasteiger partial charge in [0.1, 0.15) is 0 Å². The summed E-state index contributed by atoms with van der Waals surface area (Å²) in [5.41, 5.74) is 7.79. The number of nitrogens with two attached hydrogens (primary N) is 1. The van der Waals surface area contributed by atoms with E-state index in [1.54, 1.807) is 14.2 Å². The highest BCUT2D eigenvalue weighted by Gasteiger charge is 2.15. The minimum absolute atomic E-state index is 0.496. The van der Waals surface area contributed by atoms with E-state index in [0.29, 0.717) is 13.2 Å². The molecule has 0 saturated heterocycles. The third-order valence-electron chi connectivity index (χ3n) is 2.43. The fraction of sp³-hybridized carbons (Fsp3) is 0.500. The molecule has 1 radical (unpaired) electrons. The molecule has 0 atom stereocenters. The van der Waals surface area contributed by atoms with Gasteiger partial charge in [0.05, 0.1) is 6.61 Å². The van der Waals surface area contributed by atoms with Crippen molar-refractivity contribution in [2.75, 3.05) is 27.3 Å². The van der Waals surface area contributed by atoms with Crippen LogP contribution in [0.4, 0.5) is 0 Å². The molecule has 18 heavy (non-hydrogen) atoms. The van der Waals surface area contributed by atoms with Gasteiger partial charge >= 0.3 is 9.53 Å². The van der Waals surface area contributed by atoms with Crippen LogP contribution in [0, 0.1) is 0 Å². The minimum atomic E-state index is -1.60. The van der Waals surface area contributed by atoms with Gasteiger partial charge < -0.3 is 24.3 Å². The van der Waals surface area contributed by atoms with Crippen molar-refractivity contribution in [2.24, 2.45) is 5.73 Å². The summed E-state index contributed by atoms with van der Waals surface area (Å²) in [6.07, 6.45) is 0. The van der Waals surface area contributed by atoms with E-state index in [0.717, 1.165) is 18.7 Å². The van der Waals surface area contributed by atoms with Crippen LogP contribution in [0.25, 0.3) is 0 Å². The quantitative estimate of drug-likeness (QED) is 0.506. The average Bonchev–Trinajstić information content (AvgIpc) is 2.41. The first-order valence-electron chi connectivity index (χ1n) is 5.87. The maximum absolute atomic E-state index is 5.58. The Morgan fingerprint density at radius 3 is 2.44 bits per heavy atom. The van der Waals surface area contributed by atoms with Gasteiger partial charge in [-0.15, -0.1) is 0 Å². The fourth-order valence-electron chi connectivity index (χ4n) is 1.53. The maximum atomic E-state index is 5.58. The molecular weight excluding hydrogens is 248 g/mol. The van der Waals surface area contributed by atoms with Gasteiger partial charge in [-0.1, -0.05) is 24.3 Å². The predicted molar refractivity (Wildman–Crippen MR) is 71.8 cm³/mol. The Morgan fingerprint density at radius 1 is 1.17 bits per heavy atom. The molecule has 0 aliphatic heterocycles. The van der Waals surface area contributed by atoms with Gasteiger partial charge in [0, 0.05) is 33.9 Å². The second-order valence-electron chi connectivity index (χ2n) is 3.68. The normalized spacial score (nSPS) is 11.1. The molecule has 0 amide bonds. The third-order valence-corrected chi connectivity index (χ3v) is 3.48. The van der Waals surface area contributed by atoms with Crippen LogP contribution < -0.4 is 11.1 Å². The van der Waals surface area contributed by atoms with E-state index in [-0.39, 0.29) is 0 Å².